The van der Waals surface area contributed by atoms with Crippen LogP contribution in [-0.4, -0.2) is 52.9 Å². The van der Waals surface area contributed by atoms with E-state index in [1.54, 1.807) is 6.07 Å². The minimum atomic E-state index is -0.765. The predicted octanol–water partition coefficient (Wildman–Crippen LogP) is 3.17. The van der Waals surface area contributed by atoms with Crippen LogP contribution < -0.4 is 5.32 Å². The number of hydrogen-bond acceptors (Lipinski definition) is 5. The van der Waals surface area contributed by atoms with Gasteiger partial charge in [-0.1, -0.05) is 24.3 Å². The van der Waals surface area contributed by atoms with Gasteiger partial charge in [-0.25, -0.2) is 4.39 Å². The van der Waals surface area contributed by atoms with E-state index < -0.39 is 17.5 Å². The first-order valence-corrected chi connectivity index (χ1v) is 10.5. The van der Waals surface area contributed by atoms with E-state index in [2.05, 4.69) is 5.32 Å². The first kappa shape index (κ1) is 22.2. The van der Waals surface area contributed by atoms with Crippen molar-refractivity contribution in [2.45, 2.75) is 32.1 Å². The van der Waals surface area contributed by atoms with E-state index in [9.17, 15) is 14.3 Å². The SMILES string of the molecule is CN(Cc1ccc(C2=C/C(=C3\C(=O)Nc4ccc(F)cc43)OC2(C)C)cc1)CC(O)CO. The number of likely N-dealkylation sites (N-methyl/N-ethyl adjacent to an activating group) is 1. The van der Waals surface area contributed by atoms with Crippen LogP contribution in [-0.2, 0) is 16.1 Å². The lowest BCUT2D eigenvalue weighted by Crippen LogP contribution is -2.30. The molecule has 6 nitrogen and oxygen atoms in total. The Kier molecular flexibility index (Phi) is 5.90. The number of carbonyl (C=O) groups excluding carboxylic acids is 1. The second-order valence-corrected chi connectivity index (χ2v) is 8.78. The van der Waals surface area contributed by atoms with Gasteiger partial charge in [-0.2, -0.15) is 0 Å². The zero-order valence-electron chi connectivity index (χ0n) is 18.4. The zero-order valence-corrected chi connectivity index (χ0v) is 18.4. The summed E-state index contributed by atoms with van der Waals surface area (Å²) < 4.78 is 20.0. The Morgan fingerprint density at radius 3 is 2.59 bits per heavy atom. The third-order valence-corrected chi connectivity index (χ3v) is 5.71. The van der Waals surface area contributed by atoms with Crippen molar-refractivity contribution in [2.24, 2.45) is 0 Å². The highest BCUT2D eigenvalue weighted by Crippen LogP contribution is 2.44. The van der Waals surface area contributed by atoms with Crippen LogP contribution in [0.15, 0.2) is 54.3 Å². The average molecular weight is 438 g/mol. The first-order chi connectivity index (χ1) is 15.2. The van der Waals surface area contributed by atoms with Crippen molar-refractivity contribution in [1.82, 2.24) is 4.90 Å². The maximum Gasteiger partial charge on any atom is 0.260 e. The molecule has 4 rings (SSSR count). The fraction of sp³-hybridized carbons (Fsp3) is 0.320. The molecule has 2 aliphatic rings. The molecule has 0 fully saturated rings. The molecule has 2 aromatic carbocycles. The lowest BCUT2D eigenvalue weighted by molar-refractivity contribution is -0.111. The number of allylic oxidation sites excluding steroid dienone is 1. The van der Waals surface area contributed by atoms with Crippen molar-refractivity contribution in [3.8, 4) is 0 Å². The van der Waals surface area contributed by atoms with Crippen molar-refractivity contribution in [1.29, 1.82) is 0 Å². The Hall–Kier alpha value is -3.00. The maximum absolute atomic E-state index is 13.8. The van der Waals surface area contributed by atoms with Crippen LogP contribution in [0.25, 0.3) is 11.1 Å². The number of halogens is 1. The van der Waals surface area contributed by atoms with Gasteiger partial charge < -0.3 is 20.3 Å². The fourth-order valence-electron chi connectivity index (χ4n) is 4.19. The number of hydrogen-bond donors (Lipinski definition) is 3. The first-order valence-electron chi connectivity index (χ1n) is 10.5. The Morgan fingerprint density at radius 1 is 1.19 bits per heavy atom. The van der Waals surface area contributed by atoms with E-state index in [-0.39, 0.29) is 12.5 Å². The maximum atomic E-state index is 13.8. The number of rotatable bonds is 6. The van der Waals surface area contributed by atoms with E-state index in [0.717, 1.165) is 16.7 Å². The summed E-state index contributed by atoms with van der Waals surface area (Å²) in [6.07, 6.45) is 1.09. The third kappa shape index (κ3) is 4.32. The molecule has 1 unspecified atom stereocenters. The summed E-state index contributed by atoms with van der Waals surface area (Å²) in [7, 11) is 1.88. The molecule has 2 aromatic rings. The molecule has 0 bridgehead atoms. The van der Waals surface area contributed by atoms with Crippen LogP contribution in [0.3, 0.4) is 0 Å². The van der Waals surface area contributed by atoms with E-state index in [1.165, 1.54) is 12.1 Å². The summed E-state index contributed by atoms with van der Waals surface area (Å²) in [6.45, 7) is 4.62. The highest BCUT2D eigenvalue weighted by atomic mass is 19.1. The van der Waals surface area contributed by atoms with E-state index in [4.69, 9.17) is 9.84 Å². The summed E-state index contributed by atoms with van der Waals surface area (Å²) in [5, 5.41) is 21.4. The summed E-state index contributed by atoms with van der Waals surface area (Å²) >= 11 is 0. The summed E-state index contributed by atoms with van der Waals surface area (Å²) in [6, 6.07) is 12.2. The van der Waals surface area contributed by atoms with Gasteiger partial charge in [-0.15, -0.1) is 0 Å². The average Bonchev–Trinajstić information content (AvgIpc) is 3.22. The second-order valence-electron chi connectivity index (χ2n) is 8.78. The number of amides is 1. The summed E-state index contributed by atoms with van der Waals surface area (Å²) in [4.78, 5) is 14.5. The largest absolute Gasteiger partial charge is 0.482 e. The van der Waals surface area contributed by atoms with Gasteiger partial charge in [0.05, 0.1) is 18.3 Å². The number of nitrogens with zero attached hydrogens (tertiary/aromatic N) is 1. The molecule has 0 aromatic heterocycles. The third-order valence-electron chi connectivity index (χ3n) is 5.71. The van der Waals surface area contributed by atoms with Gasteiger partial charge in [0.25, 0.3) is 5.91 Å². The van der Waals surface area contributed by atoms with Crippen molar-refractivity contribution in [3.63, 3.8) is 0 Å². The van der Waals surface area contributed by atoms with E-state index in [0.29, 0.717) is 35.7 Å². The van der Waals surface area contributed by atoms with Crippen molar-refractivity contribution in [3.05, 3.63) is 76.8 Å². The number of ether oxygens (including phenoxy) is 1. The van der Waals surface area contributed by atoms with Gasteiger partial charge in [-0.05, 0) is 56.3 Å². The zero-order chi connectivity index (χ0) is 23.0. The van der Waals surface area contributed by atoms with Crippen LogP contribution in [0.5, 0.6) is 0 Å². The topological polar surface area (TPSA) is 82.0 Å². The molecule has 7 heteroatoms. The van der Waals surface area contributed by atoms with Gasteiger partial charge in [-0.3, -0.25) is 9.69 Å². The quantitative estimate of drug-likeness (QED) is 0.604. The van der Waals surface area contributed by atoms with Crippen LogP contribution >= 0.6 is 0 Å². The lowest BCUT2D eigenvalue weighted by Gasteiger charge is -2.24. The highest BCUT2D eigenvalue weighted by molar-refractivity contribution is 6.32. The molecule has 0 radical (unpaired) electrons. The van der Waals surface area contributed by atoms with E-state index in [1.807, 2.05) is 56.1 Å². The Labute approximate surface area is 186 Å². The smallest absolute Gasteiger partial charge is 0.260 e. The van der Waals surface area contributed by atoms with Crippen molar-refractivity contribution >= 4 is 22.7 Å². The van der Waals surface area contributed by atoms with Gasteiger partial charge in [0.2, 0.25) is 0 Å². The molecular weight excluding hydrogens is 411 g/mol. The normalized spacial score (nSPS) is 20.1. The molecule has 0 spiro atoms. The molecule has 32 heavy (non-hydrogen) atoms. The van der Waals surface area contributed by atoms with E-state index >= 15 is 0 Å². The van der Waals surface area contributed by atoms with Crippen molar-refractivity contribution in [2.75, 3.05) is 25.5 Å². The summed E-state index contributed by atoms with van der Waals surface area (Å²) in [5.74, 6) is -0.294. The van der Waals surface area contributed by atoms with Gasteiger partial charge in [0.1, 0.15) is 17.2 Å². The minimum Gasteiger partial charge on any atom is -0.482 e. The molecule has 2 aliphatic heterocycles. The number of aliphatic hydroxyl groups is 2. The molecule has 0 saturated carbocycles. The molecule has 3 N–H and O–H groups in total. The molecule has 2 heterocycles. The molecule has 0 saturated heterocycles. The van der Waals surface area contributed by atoms with Crippen LogP contribution in [0.2, 0.25) is 0 Å². The van der Waals surface area contributed by atoms with Crippen LogP contribution in [0.1, 0.15) is 30.5 Å². The Balaban J connectivity index is 1.62. The number of anilines is 1. The minimum absolute atomic E-state index is 0.264. The van der Waals surface area contributed by atoms with Gasteiger partial charge in [0.15, 0.2) is 0 Å². The lowest BCUT2D eigenvalue weighted by atomic mass is 9.91. The number of fused-ring (bicyclic) bond motifs is 1. The predicted molar refractivity (Wildman–Crippen MR) is 121 cm³/mol. The Morgan fingerprint density at radius 2 is 1.91 bits per heavy atom. The van der Waals surface area contributed by atoms with Crippen LogP contribution in [0, 0.1) is 5.82 Å². The highest BCUT2D eigenvalue weighted by Gasteiger charge is 2.38. The van der Waals surface area contributed by atoms with Crippen LogP contribution in [0.4, 0.5) is 10.1 Å². The molecule has 0 aliphatic carbocycles. The second kappa shape index (κ2) is 8.50. The monoisotopic (exact) mass is 438 g/mol. The standard InChI is InChI=1S/C25H27FN2O4/c1-25(2)20(16-6-4-15(5-7-16)12-28(3)13-18(30)14-29)11-22(32-25)23-19-10-17(26)8-9-21(19)27-24(23)31/h4-11,18,29-30H,12-14H2,1-3H3,(H,27,31)/b23-22+. The van der Waals surface area contributed by atoms with Gasteiger partial charge in [0, 0.05) is 29.9 Å². The van der Waals surface area contributed by atoms with Crippen molar-refractivity contribution < 1.29 is 24.1 Å². The van der Waals surface area contributed by atoms with Gasteiger partial charge >= 0.3 is 0 Å². The molecule has 168 valence electrons. The molecular formula is C25H27FN2O4. The number of nitrogens with one attached hydrogen (secondary N) is 1. The fourth-order valence-corrected chi connectivity index (χ4v) is 4.19. The number of aliphatic hydroxyl groups excluding tert-OH is 2. The molecule has 1 atom stereocenters. The molecule has 1 amide bonds. The number of carbonyl (C=O) groups is 1. The summed E-state index contributed by atoms with van der Waals surface area (Å²) in [5.41, 5.74) is 3.70. The number of benzene rings is 2. The Bertz CT molecular complexity index is 1110.